The van der Waals surface area contributed by atoms with Crippen LogP contribution in [0.3, 0.4) is 0 Å². The zero-order valence-corrected chi connectivity index (χ0v) is 33.2. The molecular formula is C39H38Br2Cl2Zr. The van der Waals surface area contributed by atoms with Crippen molar-refractivity contribution in [3.63, 3.8) is 0 Å². The quantitative estimate of drug-likeness (QED) is 0.192. The van der Waals surface area contributed by atoms with Gasteiger partial charge in [0, 0.05) is 0 Å². The van der Waals surface area contributed by atoms with Gasteiger partial charge >= 0.3 is 290 Å². The van der Waals surface area contributed by atoms with Crippen LogP contribution in [0.5, 0.6) is 0 Å². The second kappa shape index (κ2) is 11.4. The monoisotopic (exact) mass is 824 g/mol. The van der Waals surface area contributed by atoms with Gasteiger partial charge in [-0.05, 0) is 0 Å². The van der Waals surface area contributed by atoms with Gasteiger partial charge in [0.25, 0.3) is 0 Å². The summed E-state index contributed by atoms with van der Waals surface area (Å²) in [6, 6.07) is 31.1. The van der Waals surface area contributed by atoms with Gasteiger partial charge in [-0.25, -0.2) is 0 Å². The Balaban J connectivity index is 1.81. The Morgan fingerprint density at radius 1 is 0.591 bits per heavy atom. The summed E-state index contributed by atoms with van der Waals surface area (Å²) in [5.74, 6) is 0. The third kappa shape index (κ3) is 5.52. The van der Waals surface area contributed by atoms with Gasteiger partial charge in [-0.1, -0.05) is 0 Å². The minimum absolute atomic E-state index is 0.0118. The summed E-state index contributed by atoms with van der Waals surface area (Å²) in [7, 11) is 17.3. The number of rotatable bonds is 4. The zero-order chi connectivity index (χ0) is 31.7. The fourth-order valence-electron chi connectivity index (χ4n) is 6.99. The summed E-state index contributed by atoms with van der Waals surface area (Å²) in [5, 5.41) is 0. The Kier molecular flexibility index (Phi) is 8.46. The van der Waals surface area contributed by atoms with E-state index in [1.165, 1.54) is 33.4 Å². The van der Waals surface area contributed by atoms with E-state index in [0.29, 0.717) is 0 Å². The molecule has 226 valence electrons. The van der Waals surface area contributed by atoms with E-state index in [1.807, 2.05) is 0 Å². The molecule has 44 heavy (non-hydrogen) atoms. The van der Waals surface area contributed by atoms with Crippen molar-refractivity contribution in [2.45, 2.75) is 59.6 Å². The van der Waals surface area contributed by atoms with E-state index >= 15 is 0 Å². The van der Waals surface area contributed by atoms with Crippen molar-refractivity contribution >= 4 is 52.1 Å². The van der Waals surface area contributed by atoms with Crippen LogP contribution in [-0.4, -0.2) is 3.21 Å². The van der Waals surface area contributed by atoms with Crippen LogP contribution in [0.4, 0.5) is 0 Å². The predicted molar refractivity (Wildman–Crippen MR) is 196 cm³/mol. The third-order valence-electron chi connectivity index (χ3n) is 9.38. The molecule has 0 saturated heterocycles. The van der Waals surface area contributed by atoms with Crippen LogP contribution in [0.25, 0.3) is 11.1 Å². The van der Waals surface area contributed by atoms with Gasteiger partial charge in [-0.15, -0.1) is 0 Å². The maximum atomic E-state index is 8.65. The van der Waals surface area contributed by atoms with Gasteiger partial charge in [0.05, 0.1) is 0 Å². The Labute approximate surface area is 287 Å². The van der Waals surface area contributed by atoms with E-state index in [1.54, 1.807) is 0 Å². The fourth-order valence-corrected chi connectivity index (χ4v) is 26.9. The summed E-state index contributed by atoms with van der Waals surface area (Å²) in [4.78, 5) is 0. The van der Waals surface area contributed by atoms with Crippen LogP contribution in [-0.2, 0) is 26.7 Å². The van der Waals surface area contributed by atoms with Crippen LogP contribution < -0.4 is 0 Å². The predicted octanol–water partition coefficient (Wildman–Crippen LogP) is 13.1. The normalized spacial score (nSPS) is 15.5. The van der Waals surface area contributed by atoms with E-state index < -0.39 is 15.9 Å². The molecule has 0 heterocycles. The van der Waals surface area contributed by atoms with Gasteiger partial charge in [0.1, 0.15) is 0 Å². The van der Waals surface area contributed by atoms with E-state index in [-0.39, 0.29) is 18.1 Å². The first-order chi connectivity index (χ1) is 20.6. The van der Waals surface area contributed by atoms with Crippen molar-refractivity contribution in [3.8, 4) is 11.1 Å². The molecule has 0 atom stereocenters. The molecule has 5 heteroatoms. The minimum atomic E-state index is -5.35. The second-order valence-corrected chi connectivity index (χ2v) is 36.9. The number of hydrogen-bond donors (Lipinski definition) is 0. The number of benzene rings is 4. The molecule has 0 saturated carbocycles. The first-order valence-electron chi connectivity index (χ1n) is 15.2. The number of halogens is 4. The summed E-state index contributed by atoms with van der Waals surface area (Å²) in [6.45, 7) is 13.7. The molecule has 0 bridgehead atoms. The molecule has 0 spiro atoms. The standard InChI is InChI=1S/C21H25.C13H8Br2.C5H5.2ClH.Zr/c1-20(2,3)16-9-7-14-11-15-8-10-17(21(4,5)6)13-19(15)18(14)12-16;14-12-5-1-10(2-6-12)9-11-3-7-13(15)8-4-11;1-2-4-5-3-1;;;/h7-13H,1-6H3;1-8H;1-5H;2*1H;/q;;;;;+2/p-2. The van der Waals surface area contributed by atoms with Crippen molar-refractivity contribution in [3.05, 3.63) is 152 Å². The van der Waals surface area contributed by atoms with Gasteiger partial charge in [-0.3, -0.25) is 0 Å². The Morgan fingerprint density at radius 2 is 0.977 bits per heavy atom. The summed E-state index contributed by atoms with van der Waals surface area (Å²) in [5.41, 5.74) is 9.83. The molecule has 0 radical (unpaired) electrons. The molecular weight excluding hydrogens is 790 g/mol. The third-order valence-corrected chi connectivity index (χ3v) is 30.1. The molecule has 0 amide bonds. The van der Waals surface area contributed by atoms with Crippen molar-refractivity contribution < 1.29 is 15.9 Å². The maximum absolute atomic E-state index is 8.65. The van der Waals surface area contributed by atoms with Crippen LogP contribution in [0.2, 0.25) is 3.63 Å². The van der Waals surface area contributed by atoms with Crippen LogP contribution in [0, 0.1) is 0 Å². The molecule has 6 rings (SSSR count). The van der Waals surface area contributed by atoms with E-state index in [0.717, 1.165) is 23.3 Å². The second-order valence-electron chi connectivity index (χ2n) is 14.4. The van der Waals surface area contributed by atoms with Gasteiger partial charge in [-0.2, -0.15) is 0 Å². The Bertz CT molecular complexity index is 1770. The van der Waals surface area contributed by atoms with E-state index in [4.69, 9.17) is 17.0 Å². The molecule has 2 aliphatic rings. The molecule has 2 aliphatic carbocycles. The summed E-state index contributed by atoms with van der Waals surface area (Å²) >= 11 is 1.97. The molecule has 4 aromatic carbocycles. The fraction of sp³-hybridized carbons (Fsp3) is 0.256. The van der Waals surface area contributed by atoms with E-state index in [2.05, 4.69) is 183 Å². The molecule has 0 fully saturated rings. The van der Waals surface area contributed by atoms with E-state index in [9.17, 15) is 0 Å². The van der Waals surface area contributed by atoms with Crippen molar-refractivity contribution in [1.82, 2.24) is 0 Å². The first kappa shape index (κ1) is 32.6. The number of allylic oxidation sites excluding steroid dienone is 4. The average Bonchev–Trinajstić information content (AvgIpc) is 3.62. The SMILES string of the molecule is CC(C)(C)c1ccc2c(c1)-c1cc(C(C)(C)C)ccc1[CH]2[Zr]([Cl])([Cl])(=[C](c1ccc(Br)cc1)c1ccc(Br)cc1)[CH]1C=CC=C1. The Hall–Kier alpha value is -1.35. The van der Waals surface area contributed by atoms with Crippen LogP contribution in [0.15, 0.2) is 118 Å². The molecule has 0 N–H and O–H groups in total. The zero-order valence-electron chi connectivity index (χ0n) is 26.1. The van der Waals surface area contributed by atoms with Gasteiger partial charge in [0.2, 0.25) is 0 Å². The molecule has 4 aromatic rings. The Morgan fingerprint density at radius 3 is 1.34 bits per heavy atom. The molecule has 0 nitrogen and oxygen atoms in total. The molecule has 0 aliphatic heterocycles. The van der Waals surface area contributed by atoms with Crippen molar-refractivity contribution in [2.75, 3.05) is 0 Å². The number of hydrogen-bond acceptors (Lipinski definition) is 0. The van der Waals surface area contributed by atoms with Crippen LogP contribution >= 0.6 is 48.9 Å². The summed E-state index contributed by atoms with van der Waals surface area (Å²) < 4.78 is 2.91. The van der Waals surface area contributed by atoms with Crippen molar-refractivity contribution in [2.24, 2.45) is 0 Å². The van der Waals surface area contributed by atoms with Crippen molar-refractivity contribution in [1.29, 1.82) is 0 Å². The number of fused-ring (bicyclic) bond motifs is 3. The molecule has 0 aromatic heterocycles. The first-order valence-corrected chi connectivity index (χ1v) is 27.2. The topological polar surface area (TPSA) is 0 Å². The van der Waals surface area contributed by atoms with Gasteiger partial charge in [0.15, 0.2) is 0 Å². The average molecular weight is 829 g/mol. The van der Waals surface area contributed by atoms with Crippen LogP contribution in [0.1, 0.15) is 78.5 Å². The summed E-state index contributed by atoms with van der Waals surface area (Å²) in [6.07, 6.45) is 8.72. The molecule has 0 unspecified atom stereocenters. The van der Waals surface area contributed by atoms with Gasteiger partial charge < -0.3 is 0 Å².